The molecule has 5 nitrogen and oxygen atoms in total. The summed E-state index contributed by atoms with van der Waals surface area (Å²) in [7, 11) is 1.16. The number of carbonyl (C=O) groups is 1. The highest BCUT2D eigenvalue weighted by Gasteiger charge is 2.21. The van der Waals surface area contributed by atoms with E-state index in [4.69, 9.17) is 0 Å². The number of aromatic hydroxyl groups is 1. The predicted octanol–water partition coefficient (Wildman–Crippen LogP) is 1.39. The summed E-state index contributed by atoms with van der Waals surface area (Å²) >= 11 is 1.26. The number of aryl methyl sites for hydroxylation is 1. The number of H-pyrrole nitrogens is 1. The maximum atomic E-state index is 11.6. The summed E-state index contributed by atoms with van der Waals surface area (Å²) in [5.74, 6) is -1.16. The molecule has 0 radical (unpaired) electrons. The van der Waals surface area contributed by atoms with E-state index >= 15 is 0 Å². The monoisotopic (exact) mass is 239 g/mol. The minimum atomic E-state index is -0.841. The van der Waals surface area contributed by atoms with Crippen LogP contribution in [0.4, 0.5) is 0 Å². The molecule has 2 N–H and O–H groups in total. The summed E-state index contributed by atoms with van der Waals surface area (Å²) in [5.41, 5.74) is 0.416. The number of nitrogens with one attached hydrogen (secondary N) is 1. The molecule has 0 unspecified atom stereocenters. The smallest absolute Gasteiger partial charge is 0.347 e. The van der Waals surface area contributed by atoms with Gasteiger partial charge in [-0.1, -0.05) is 0 Å². The van der Waals surface area contributed by atoms with E-state index in [1.165, 1.54) is 11.3 Å². The van der Waals surface area contributed by atoms with E-state index < -0.39 is 11.5 Å². The van der Waals surface area contributed by atoms with Crippen molar-refractivity contribution in [1.29, 1.82) is 0 Å². The van der Waals surface area contributed by atoms with Gasteiger partial charge in [-0.25, -0.2) is 4.79 Å². The molecule has 0 aliphatic heterocycles. The van der Waals surface area contributed by atoms with Gasteiger partial charge in [0.25, 0.3) is 5.56 Å². The van der Waals surface area contributed by atoms with E-state index in [1.54, 1.807) is 5.38 Å². The molecule has 0 bridgehead atoms. The van der Waals surface area contributed by atoms with Gasteiger partial charge in [0.2, 0.25) is 0 Å². The summed E-state index contributed by atoms with van der Waals surface area (Å²) in [6.45, 7) is 1.81. The second-order valence-electron chi connectivity index (χ2n) is 3.29. The minimum absolute atomic E-state index is 0.316. The summed E-state index contributed by atoms with van der Waals surface area (Å²) in [5, 5.41) is 11.6. The first kappa shape index (κ1) is 10.7. The summed E-state index contributed by atoms with van der Waals surface area (Å²) in [4.78, 5) is 25.5. The lowest BCUT2D eigenvalue weighted by Crippen LogP contribution is -2.18. The highest BCUT2D eigenvalue weighted by Crippen LogP contribution is 2.32. The Hall–Kier alpha value is -1.82. The number of rotatable bonds is 1. The molecular weight excluding hydrogens is 230 g/mol. The Kier molecular flexibility index (Phi) is 2.43. The topological polar surface area (TPSA) is 79.4 Å². The molecule has 0 spiro atoms. The quantitative estimate of drug-likeness (QED) is 0.737. The van der Waals surface area contributed by atoms with Crippen molar-refractivity contribution in [3.05, 3.63) is 26.9 Å². The molecule has 0 saturated carbocycles. The SMILES string of the molecule is COC(=O)c1c(O)c2scc(C)c2[nH]c1=O. The van der Waals surface area contributed by atoms with Gasteiger partial charge in [0.15, 0.2) is 11.3 Å². The van der Waals surface area contributed by atoms with Gasteiger partial charge in [0, 0.05) is 0 Å². The summed E-state index contributed by atoms with van der Waals surface area (Å²) in [6.07, 6.45) is 0. The van der Waals surface area contributed by atoms with E-state index in [2.05, 4.69) is 9.72 Å². The van der Waals surface area contributed by atoms with Crippen LogP contribution in [-0.4, -0.2) is 23.2 Å². The highest BCUT2D eigenvalue weighted by atomic mass is 32.1. The number of carbonyl (C=O) groups excluding carboxylic acids is 1. The Morgan fingerprint density at radius 1 is 1.56 bits per heavy atom. The van der Waals surface area contributed by atoms with Crippen molar-refractivity contribution in [2.24, 2.45) is 0 Å². The van der Waals surface area contributed by atoms with E-state index in [0.29, 0.717) is 10.2 Å². The lowest BCUT2D eigenvalue weighted by atomic mass is 10.2. The van der Waals surface area contributed by atoms with Crippen LogP contribution in [0.2, 0.25) is 0 Å². The molecule has 2 heterocycles. The number of hydrogen-bond donors (Lipinski definition) is 2. The third kappa shape index (κ3) is 1.38. The maximum Gasteiger partial charge on any atom is 0.347 e. The van der Waals surface area contributed by atoms with Gasteiger partial charge in [0.1, 0.15) is 0 Å². The zero-order valence-electron chi connectivity index (χ0n) is 8.66. The molecular formula is C10H9NO4S. The zero-order chi connectivity index (χ0) is 11.9. The van der Waals surface area contributed by atoms with E-state index in [-0.39, 0.29) is 11.3 Å². The van der Waals surface area contributed by atoms with Gasteiger partial charge in [-0.05, 0) is 17.9 Å². The number of methoxy groups -OCH3 is 1. The number of ether oxygens (including phenoxy) is 1. The first-order valence-electron chi connectivity index (χ1n) is 4.47. The standard InChI is InChI=1S/C10H9NO4S/c1-4-3-16-8-6(4)11-9(13)5(7(8)12)10(14)15-2/h3H,1-2H3,(H2,11,12,13). The molecule has 2 aromatic rings. The zero-order valence-corrected chi connectivity index (χ0v) is 9.47. The summed E-state index contributed by atoms with van der Waals surface area (Å²) in [6, 6.07) is 0. The van der Waals surface area contributed by atoms with Crippen LogP contribution < -0.4 is 5.56 Å². The van der Waals surface area contributed by atoms with Crippen LogP contribution in [0.25, 0.3) is 10.2 Å². The number of thiophene rings is 1. The Balaban J connectivity index is 2.87. The normalized spacial score (nSPS) is 10.6. The molecule has 0 saturated heterocycles. The molecule has 16 heavy (non-hydrogen) atoms. The predicted molar refractivity (Wildman–Crippen MR) is 60.2 cm³/mol. The molecule has 2 rings (SSSR count). The number of aromatic nitrogens is 1. The molecule has 0 amide bonds. The van der Waals surface area contributed by atoms with Gasteiger partial charge < -0.3 is 14.8 Å². The van der Waals surface area contributed by atoms with Crippen molar-refractivity contribution >= 4 is 27.5 Å². The fourth-order valence-corrected chi connectivity index (χ4v) is 2.42. The molecule has 0 aromatic carbocycles. The van der Waals surface area contributed by atoms with Crippen molar-refractivity contribution in [2.45, 2.75) is 6.92 Å². The third-order valence-electron chi connectivity index (χ3n) is 2.28. The lowest BCUT2D eigenvalue weighted by Gasteiger charge is -2.02. The number of fused-ring (bicyclic) bond motifs is 1. The first-order valence-corrected chi connectivity index (χ1v) is 5.35. The number of aromatic amines is 1. The second kappa shape index (κ2) is 3.64. The van der Waals surface area contributed by atoms with Crippen molar-refractivity contribution in [3.8, 4) is 5.75 Å². The van der Waals surface area contributed by atoms with Crippen molar-refractivity contribution in [1.82, 2.24) is 4.98 Å². The Morgan fingerprint density at radius 3 is 2.88 bits per heavy atom. The van der Waals surface area contributed by atoms with Crippen LogP contribution in [0.1, 0.15) is 15.9 Å². The number of hydrogen-bond acceptors (Lipinski definition) is 5. The van der Waals surface area contributed by atoms with E-state index in [1.807, 2.05) is 6.92 Å². The van der Waals surface area contributed by atoms with Gasteiger partial charge in [-0.15, -0.1) is 11.3 Å². The van der Waals surface area contributed by atoms with Crippen LogP contribution in [0.3, 0.4) is 0 Å². The number of pyridine rings is 1. The van der Waals surface area contributed by atoms with Crippen LogP contribution in [0.15, 0.2) is 10.2 Å². The lowest BCUT2D eigenvalue weighted by molar-refractivity contribution is 0.0595. The largest absolute Gasteiger partial charge is 0.505 e. The fourth-order valence-electron chi connectivity index (χ4n) is 1.46. The van der Waals surface area contributed by atoms with Gasteiger partial charge >= 0.3 is 5.97 Å². The van der Waals surface area contributed by atoms with Gasteiger partial charge in [0.05, 0.1) is 17.3 Å². The fraction of sp³-hybridized carbons (Fsp3) is 0.200. The molecule has 0 aliphatic rings. The molecule has 6 heteroatoms. The van der Waals surface area contributed by atoms with Gasteiger partial charge in [-0.2, -0.15) is 0 Å². The van der Waals surface area contributed by atoms with Crippen LogP contribution in [-0.2, 0) is 4.74 Å². The maximum absolute atomic E-state index is 11.6. The van der Waals surface area contributed by atoms with E-state index in [0.717, 1.165) is 12.7 Å². The molecule has 0 aliphatic carbocycles. The van der Waals surface area contributed by atoms with Crippen molar-refractivity contribution in [2.75, 3.05) is 7.11 Å². The first-order chi connectivity index (χ1) is 7.56. The average Bonchev–Trinajstić information content (AvgIpc) is 2.60. The molecule has 2 aromatic heterocycles. The average molecular weight is 239 g/mol. The van der Waals surface area contributed by atoms with Crippen molar-refractivity contribution < 1.29 is 14.6 Å². The third-order valence-corrected chi connectivity index (χ3v) is 3.39. The van der Waals surface area contributed by atoms with Crippen LogP contribution >= 0.6 is 11.3 Å². The Morgan fingerprint density at radius 2 is 2.25 bits per heavy atom. The van der Waals surface area contributed by atoms with E-state index in [9.17, 15) is 14.7 Å². The highest BCUT2D eigenvalue weighted by molar-refractivity contribution is 7.17. The molecule has 0 fully saturated rings. The van der Waals surface area contributed by atoms with Crippen LogP contribution in [0.5, 0.6) is 5.75 Å². The molecule has 0 atom stereocenters. The number of esters is 1. The van der Waals surface area contributed by atoms with Crippen LogP contribution in [0, 0.1) is 6.92 Å². The Bertz CT molecular complexity index is 626. The second-order valence-corrected chi connectivity index (χ2v) is 4.17. The molecule has 84 valence electrons. The summed E-state index contributed by atoms with van der Waals surface area (Å²) < 4.78 is 4.92. The minimum Gasteiger partial charge on any atom is -0.505 e. The van der Waals surface area contributed by atoms with Gasteiger partial charge in [-0.3, -0.25) is 4.79 Å². The van der Waals surface area contributed by atoms with Crippen molar-refractivity contribution in [3.63, 3.8) is 0 Å². The Labute approximate surface area is 94.3 Å².